The Morgan fingerprint density at radius 1 is 1.64 bits per heavy atom. The Bertz CT molecular complexity index is 430. The second-order valence-corrected chi connectivity index (χ2v) is 3.83. The number of hydrogen-bond acceptors (Lipinski definition) is 2. The number of H-pyrrole nitrogens is 1. The molecule has 0 spiro atoms. The van der Waals surface area contributed by atoms with Crippen molar-refractivity contribution in [2.24, 2.45) is 12.8 Å². The summed E-state index contributed by atoms with van der Waals surface area (Å²) in [7, 11) is 1.89. The predicted molar refractivity (Wildman–Crippen MR) is 58.6 cm³/mol. The Labute approximate surface area is 90.2 Å². The van der Waals surface area contributed by atoms with Gasteiger partial charge in [0.05, 0.1) is 10.2 Å². The molecule has 0 aromatic carbocycles. The van der Waals surface area contributed by atoms with E-state index in [9.17, 15) is 0 Å². The summed E-state index contributed by atoms with van der Waals surface area (Å²) in [6.07, 6.45) is 3.78. The number of aromatic amines is 1. The number of nitrogens with two attached hydrogens (primary N) is 1. The maximum absolute atomic E-state index is 5.62. The van der Waals surface area contributed by atoms with Crippen LogP contribution in [0.5, 0.6) is 0 Å². The maximum atomic E-state index is 5.62. The van der Waals surface area contributed by atoms with Crippen LogP contribution in [-0.4, -0.2) is 14.8 Å². The molecule has 74 valence electrons. The number of hydrogen-bond donors (Lipinski definition) is 2. The Morgan fingerprint density at radius 3 is 2.93 bits per heavy atom. The molecule has 5 heteroatoms. The number of halogens is 1. The van der Waals surface area contributed by atoms with E-state index in [4.69, 9.17) is 5.73 Å². The van der Waals surface area contributed by atoms with E-state index in [-0.39, 0.29) is 0 Å². The van der Waals surface area contributed by atoms with Crippen molar-refractivity contribution in [1.82, 2.24) is 14.8 Å². The second kappa shape index (κ2) is 3.59. The van der Waals surface area contributed by atoms with Gasteiger partial charge in [-0.1, -0.05) is 0 Å². The molecule has 0 radical (unpaired) electrons. The number of aromatic nitrogens is 3. The summed E-state index contributed by atoms with van der Waals surface area (Å²) in [5.41, 5.74) is 8.61. The van der Waals surface area contributed by atoms with Crippen LogP contribution < -0.4 is 5.73 Å². The van der Waals surface area contributed by atoms with Gasteiger partial charge in [-0.15, -0.1) is 0 Å². The minimum absolute atomic E-state index is 0.481. The maximum Gasteiger partial charge on any atom is 0.108 e. The topological polar surface area (TPSA) is 59.6 Å². The molecule has 2 heterocycles. The molecule has 0 atom stereocenters. The van der Waals surface area contributed by atoms with Gasteiger partial charge in [0, 0.05) is 31.5 Å². The van der Waals surface area contributed by atoms with E-state index >= 15 is 0 Å². The van der Waals surface area contributed by atoms with Gasteiger partial charge in [-0.05, 0) is 22.0 Å². The first-order valence-corrected chi connectivity index (χ1v) is 5.08. The molecular weight excluding hydrogens is 244 g/mol. The van der Waals surface area contributed by atoms with Crippen molar-refractivity contribution in [3.05, 3.63) is 28.6 Å². The molecule has 0 saturated heterocycles. The molecule has 3 N–H and O–H groups in total. The van der Waals surface area contributed by atoms with Crippen LogP contribution >= 0.6 is 15.9 Å². The average molecular weight is 255 g/mol. The van der Waals surface area contributed by atoms with Gasteiger partial charge < -0.3 is 10.7 Å². The van der Waals surface area contributed by atoms with E-state index in [2.05, 4.69) is 26.0 Å². The predicted octanol–water partition coefficient (Wildman–Crippen LogP) is 1.64. The Hall–Kier alpha value is -1.07. The lowest BCUT2D eigenvalue weighted by Crippen LogP contribution is -2.04. The molecule has 0 bridgehead atoms. The molecule has 2 rings (SSSR count). The zero-order chi connectivity index (χ0) is 10.1. The Balaban J connectivity index is 2.55. The summed E-state index contributed by atoms with van der Waals surface area (Å²) in [6.45, 7) is 0.481. The van der Waals surface area contributed by atoms with Gasteiger partial charge in [0.15, 0.2) is 0 Å². The van der Waals surface area contributed by atoms with Crippen molar-refractivity contribution in [1.29, 1.82) is 0 Å². The number of aryl methyl sites for hydroxylation is 1. The number of nitrogens with one attached hydrogen (secondary N) is 1. The summed E-state index contributed by atoms with van der Waals surface area (Å²) in [5, 5.41) is 4.39. The normalized spacial score (nSPS) is 10.8. The van der Waals surface area contributed by atoms with Crippen LogP contribution in [0, 0.1) is 0 Å². The molecule has 0 aliphatic rings. The van der Waals surface area contributed by atoms with Crippen molar-refractivity contribution < 1.29 is 0 Å². The standard InChI is InChI=1S/C9H11BrN4/c1-14-7(4-11)8(10)9(13-14)6-2-3-12-5-6/h2-3,5,12H,4,11H2,1H3. The highest BCUT2D eigenvalue weighted by atomic mass is 79.9. The lowest BCUT2D eigenvalue weighted by Gasteiger charge is -1.95. The summed E-state index contributed by atoms with van der Waals surface area (Å²) in [6, 6.07) is 1.98. The molecule has 2 aromatic heterocycles. The van der Waals surface area contributed by atoms with Gasteiger partial charge in [-0.2, -0.15) is 5.10 Å². The Morgan fingerprint density at radius 2 is 2.43 bits per heavy atom. The smallest absolute Gasteiger partial charge is 0.108 e. The van der Waals surface area contributed by atoms with Crippen molar-refractivity contribution in [3.8, 4) is 11.3 Å². The molecular formula is C9H11BrN4. The van der Waals surface area contributed by atoms with E-state index in [1.165, 1.54) is 0 Å². The largest absolute Gasteiger partial charge is 0.367 e. The van der Waals surface area contributed by atoms with Gasteiger partial charge in [-0.3, -0.25) is 4.68 Å². The highest BCUT2D eigenvalue weighted by Gasteiger charge is 2.13. The van der Waals surface area contributed by atoms with Gasteiger partial charge in [-0.25, -0.2) is 0 Å². The fourth-order valence-corrected chi connectivity index (χ4v) is 2.14. The summed E-state index contributed by atoms with van der Waals surface area (Å²) in [4.78, 5) is 3.00. The molecule has 4 nitrogen and oxygen atoms in total. The third kappa shape index (κ3) is 1.38. The van der Waals surface area contributed by atoms with E-state index < -0.39 is 0 Å². The Kier molecular flexibility index (Phi) is 2.43. The fraction of sp³-hybridized carbons (Fsp3) is 0.222. The van der Waals surface area contributed by atoms with Crippen LogP contribution in [-0.2, 0) is 13.6 Å². The third-order valence-corrected chi connectivity index (χ3v) is 3.00. The van der Waals surface area contributed by atoms with Gasteiger partial charge in [0.2, 0.25) is 0 Å². The van der Waals surface area contributed by atoms with Crippen LogP contribution in [0.25, 0.3) is 11.3 Å². The highest BCUT2D eigenvalue weighted by Crippen LogP contribution is 2.29. The lowest BCUT2D eigenvalue weighted by molar-refractivity contribution is 0.713. The zero-order valence-electron chi connectivity index (χ0n) is 7.79. The lowest BCUT2D eigenvalue weighted by atomic mass is 10.2. The summed E-state index contributed by atoms with van der Waals surface area (Å²) < 4.78 is 2.77. The van der Waals surface area contributed by atoms with Crippen LogP contribution in [0.1, 0.15) is 5.69 Å². The quantitative estimate of drug-likeness (QED) is 0.856. The average Bonchev–Trinajstić information content (AvgIpc) is 2.74. The molecule has 0 unspecified atom stereocenters. The summed E-state index contributed by atoms with van der Waals surface area (Å²) in [5.74, 6) is 0. The van der Waals surface area contributed by atoms with E-state index in [0.717, 1.165) is 21.4 Å². The second-order valence-electron chi connectivity index (χ2n) is 3.04. The first kappa shape index (κ1) is 9.48. The summed E-state index contributed by atoms with van der Waals surface area (Å²) >= 11 is 3.51. The van der Waals surface area contributed by atoms with Gasteiger partial charge in [0.25, 0.3) is 0 Å². The molecule has 0 saturated carbocycles. The molecule has 14 heavy (non-hydrogen) atoms. The first-order valence-electron chi connectivity index (χ1n) is 4.28. The highest BCUT2D eigenvalue weighted by molar-refractivity contribution is 9.10. The molecule has 0 amide bonds. The van der Waals surface area contributed by atoms with Crippen LogP contribution in [0.15, 0.2) is 22.9 Å². The van der Waals surface area contributed by atoms with Crippen LogP contribution in [0.2, 0.25) is 0 Å². The fourth-order valence-electron chi connectivity index (χ4n) is 1.41. The van der Waals surface area contributed by atoms with Gasteiger partial charge in [0.1, 0.15) is 5.69 Å². The van der Waals surface area contributed by atoms with Gasteiger partial charge >= 0.3 is 0 Å². The van der Waals surface area contributed by atoms with Crippen molar-refractivity contribution >= 4 is 15.9 Å². The minimum Gasteiger partial charge on any atom is -0.367 e. The SMILES string of the molecule is Cn1nc(-c2cc[nH]c2)c(Br)c1CN. The van der Waals surface area contributed by atoms with Crippen molar-refractivity contribution in [2.45, 2.75) is 6.54 Å². The zero-order valence-corrected chi connectivity index (χ0v) is 9.37. The minimum atomic E-state index is 0.481. The van der Waals surface area contributed by atoms with E-state index in [1.807, 2.05) is 25.5 Å². The van der Waals surface area contributed by atoms with Crippen LogP contribution in [0.4, 0.5) is 0 Å². The number of nitrogens with zero attached hydrogens (tertiary/aromatic N) is 2. The third-order valence-electron chi connectivity index (χ3n) is 2.17. The van der Waals surface area contributed by atoms with Crippen molar-refractivity contribution in [2.75, 3.05) is 0 Å². The molecule has 2 aromatic rings. The first-order chi connectivity index (χ1) is 6.74. The molecule has 0 aliphatic heterocycles. The monoisotopic (exact) mass is 254 g/mol. The van der Waals surface area contributed by atoms with E-state index in [1.54, 1.807) is 4.68 Å². The molecule has 0 aliphatic carbocycles. The van der Waals surface area contributed by atoms with Crippen molar-refractivity contribution in [3.63, 3.8) is 0 Å². The number of rotatable bonds is 2. The van der Waals surface area contributed by atoms with Crippen LogP contribution in [0.3, 0.4) is 0 Å². The van der Waals surface area contributed by atoms with E-state index in [0.29, 0.717) is 6.54 Å². The molecule has 0 fully saturated rings.